The molecule has 3 rings (SSSR count). The van der Waals surface area contributed by atoms with Crippen molar-refractivity contribution in [2.75, 3.05) is 0 Å². The zero-order valence-electron chi connectivity index (χ0n) is 19.6. The molecule has 0 aliphatic carbocycles. The van der Waals surface area contributed by atoms with Crippen LogP contribution in [0.4, 0.5) is 0 Å². The van der Waals surface area contributed by atoms with Gasteiger partial charge >= 0.3 is 5.97 Å². The summed E-state index contributed by atoms with van der Waals surface area (Å²) < 4.78 is 26.6. The summed E-state index contributed by atoms with van der Waals surface area (Å²) in [4.78, 5) is 12.7. The lowest BCUT2D eigenvalue weighted by Gasteiger charge is -2.32. The molecule has 3 unspecified atom stereocenters. The molecule has 0 saturated carbocycles. The Bertz CT molecular complexity index is 994. The SMILES string of the molecule is CCCCC(C(C)OC(=O)c1ccccc1)C(C)OP(=O)(c1ccccc1)c1ccccc1. The summed E-state index contributed by atoms with van der Waals surface area (Å²) in [6.45, 7) is 5.96. The molecule has 3 aromatic carbocycles. The number of carbonyl (C=O) groups is 1. The summed E-state index contributed by atoms with van der Waals surface area (Å²) in [5.74, 6) is -0.454. The van der Waals surface area contributed by atoms with Gasteiger partial charge in [0.15, 0.2) is 0 Å². The molecule has 0 amide bonds. The molecule has 3 aromatic rings. The number of benzene rings is 3. The molecule has 5 heteroatoms. The van der Waals surface area contributed by atoms with Gasteiger partial charge in [-0.3, -0.25) is 4.57 Å². The highest BCUT2D eigenvalue weighted by molar-refractivity contribution is 7.74. The zero-order chi connectivity index (χ0) is 23.7. The van der Waals surface area contributed by atoms with E-state index in [4.69, 9.17) is 9.26 Å². The lowest BCUT2D eigenvalue weighted by atomic mass is 9.92. The Morgan fingerprint density at radius 2 is 1.27 bits per heavy atom. The van der Waals surface area contributed by atoms with Gasteiger partial charge in [0.25, 0.3) is 7.37 Å². The Hall–Kier alpha value is -2.68. The average Bonchev–Trinajstić information content (AvgIpc) is 2.85. The fourth-order valence-corrected chi connectivity index (χ4v) is 6.32. The predicted molar refractivity (Wildman–Crippen MR) is 135 cm³/mol. The topological polar surface area (TPSA) is 52.6 Å². The first-order valence-electron chi connectivity index (χ1n) is 11.6. The van der Waals surface area contributed by atoms with Crippen molar-refractivity contribution in [1.29, 1.82) is 0 Å². The zero-order valence-corrected chi connectivity index (χ0v) is 20.5. The first kappa shape index (κ1) is 25.0. The summed E-state index contributed by atoms with van der Waals surface area (Å²) >= 11 is 0. The van der Waals surface area contributed by atoms with Gasteiger partial charge in [-0.15, -0.1) is 0 Å². The van der Waals surface area contributed by atoms with Gasteiger partial charge in [0.1, 0.15) is 6.10 Å². The maximum Gasteiger partial charge on any atom is 0.338 e. The van der Waals surface area contributed by atoms with Crippen molar-refractivity contribution in [2.45, 2.75) is 52.2 Å². The largest absolute Gasteiger partial charge is 0.459 e. The molecule has 0 fully saturated rings. The normalized spacial score (nSPS) is 14.3. The number of unbranched alkanes of at least 4 members (excludes halogenated alkanes) is 1. The Morgan fingerprint density at radius 3 is 1.76 bits per heavy atom. The summed E-state index contributed by atoms with van der Waals surface area (Å²) in [5.41, 5.74) is 0.520. The highest BCUT2D eigenvalue weighted by Crippen LogP contribution is 2.47. The maximum absolute atomic E-state index is 14.3. The first-order chi connectivity index (χ1) is 16.0. The van der Waals surface area contributed by atoms with Crippen LogP contribution >= 0.6 is 7.37 Å². The monoisotopic (exact) mass is 464 g/mol. The lowest BCUT2D eigenvalue weighted by Crippen LogP contribution is -2.35. The molecule has 0 aromatic heterocycles. The lowest BCUT2D eigenvalue weighted by molar-refractivity contribution is -0.00324. The molecule has 174 valence electrons. The van der Waals surface area contributed by atoms with E-state index < -0.39 is 7.37 Å². The second-order valence-electron chi connectivity index (χ2n) is 8.32. The average molecular weight is 465 g/mol. The Kier molecular flexibility index (Phi) is 9.05. The summed E-state index contributed by atoms with van der Waals surface area (Å²) in [7, 11) is -3.34. The Morgan fingerprint density at radius 1 is 0.788 bits per heavy atom. The van der Waals surface area contributed by atoms with Crippen LogP contribution in [0.3, 0.4) is 0 Å². The number of carbonyl (C=O) groups excluding carboxylic acids is 1. The van der Waals surface area contributed by atoms with Crippen LogP contribution < -0.4 is 10.6 Å². The molecular weight excluding hydrogens is 431 g/mol. The second-order valence-corrected chi connectivity index (χ2v) is 10.7. The van der Waals surface area contributed by atoms with Crippen molar-refractivity contribution in [3.8, 4) is 0 Å². The molecule has 33 heavy (non-hydrogen) atoms. The quantitative estimate of drug-likeness (QED) is 0.244. The molecule has 0 saturated heterocycles. The molecule has 0 heterocycles. The van der Waals surface area contributed by atoms with E-state index in [2.05, 4.69) is 6.92 Å². The van der Waals surface area contributed by atoms with Crippen molar-refractivity contribution < 1.29 is 18.6 Å². The number of ether oxygens (including phenoxy) is 1. The smallest absolute Gasteiger partial charge is 0.338 e. The van der Waals surface area contributed by atoms with Crippen molar-refractivity contribution in [3.05, 3.63) is 96.6 Å². The number of rotatable bonds is 11. The van der Waals surface area contributed by atoms with E-state index in [9.17, 15) is 9.36 Å². The van der Waals surface area contributed by atoms with E-state index in [1.54, 1.807) is 12.1 Å². The summed E-state index contributed by atoms with van der Waals surface area (Å²) in [6.07, 6.45) is 2.01. The second kappa shape index (κ2) is 12.0. The summed E-state index contributed by atoms with van der Waals surface area (Å²) in [6, 6.07) is 27.7. The van der Waals surface area contributed by atoms with Crippen molar-refractivity contribution in [3.63, 3.8) is 0 Å². The first-order valence-corrected chi connectivity index (χ1v) is 13.2. The van der Waals surface area contributed by atoms with Crippen LogP contribution in [0.2, 0.25) is 0 Å². The van der Waals surface area contributed by atoms with Crippen LogP contribution in [0.15, 0.2) is 91.0 Å². The molecule has 0 aliphatic heterocycles. The number of esters is 1. The molecule has 0 spiro atoms. The third-order valence-electron chi connectivity index (χ3n) is 5.91. The van der Waals surface area contributed by atoms with E-state index in [0.29, 0.717) is 16.2 Å². The van der Waals surface area contributed by atoms with E-state index in [-0.39, 0.29) is 24.1 Å². The Balaban J connectivity index is 1.86. The predicted octanol–water partition coefficient (Wildman–Crippen LogP) is 6.37. The molecule has 0 radical (unpaired) electrons. The van der Waals surface area contributed by atoms with Gasteiger partial charge in [-0.1, -0.05) is 74.4 Å². The van der Waals surface area contributed by atoms with Crippen LogP contribution in [0, 0.1) is 5.92 Å². The molecule has 0 aliphatic rings. The van der Waals surface area contributed by atoms with Crippen LogP contribution in [0.25, 0.3) is 0 Å². The third-order valence-corrected chi connectivity index (χ3v) is 8.49. The van der Waals surface area contributed by atoms with Crippen LogP contribution in [-0.4, -0.2) is 18.2 Å². The van der Waals surface area contributed by atoms with Crippen molar-refractivity contribution in [2.24, 2.45) is 5.92 Å². The van der Waals surface area contributed by atoms with Crippen molar-refractivity contribution in [1.82, 2.24) is 0 Å². The van der Waals surface area contributed by atoms with Crippen LogP contribution in [0.1, 0.15) is 50.4 Å². The minimum absolute atomic E-state index is 0.0987. The van der Waals surface area contributed by atoms with Gasteiger partial charge in [0.05, 0.1) is 11.7 Å². The fourth-order valence-electron chi connectivity index (χ4n) is 4.02. The third kappa shape index (κ3) is 6.43. The molecule has 3 atom stereocenters. The molecule has 4 nitrogen and oxygen atoms in total. The minimum atomic E-state index is -3.34. The minimum Gasteiger partial charge on any atom is -0.459 e. The molecular formula is C28H33O4P. The van der Waals surface area contributed by atoms with Gasteiger partial charge in [-0.05, 0) is 56.7 Å². The van der Waals surface area contributed by atoms with Crippen molar-refractivity contribution >= 4 is 23.9 Å². The highest BCUT2D eigenvalue weighted by Gasteiger charge is 2.35. The van der Waals surface area contributed by atoms with E-state index in [1.807, 2.05) is 92.7 Å². The van der Waals surface area contributed by atoms with Gasteiger partial charge in [-0.2, -0.15) is 0 Å². The van der Waals surface area contributed by atoms with Gasteiger partial charge < -0.3 is 9.26 Å². The fraction of sp³-hybridized carbons (Fsp3) is 0.321. The van der Waals surface area contributed by atoms with E-state index in [0.717, 1.165) is 19.3 Å². The molecule has 0 N–H and O–H groups in total. The van der Waals surface area contributed by atoms with Gasteiger partial charge in [0.2, 0.25) is 0 Å². The summed E-state index contributed by atoms with van der Waals surface area (Å²) in [5, 5.41) is 1.32. The standard InChI is InChI=1S/C28H33O4P/c1-4-5-21-27(22(2)31-28(29)24-15-9-6-10-16-24)23(3)32-33(30,25-17-11-7-12-18-25)26-19-13-8-14-20-26/h6-20,22-23,27H,4-5,21H2,1-3H3. The van der Waals surface area contributed by atoms with Gasteiger partial charge in [0, 0.05) is 16.5 Å². The highest BCUT2D eigenvalue weighted by atomic mass is 31.2. The van der Waals surface area contributed by atoms with Gasteiger partial charge in [-0.25, -0.2) is 4.79 Å². The van der Waals surface area contributed by atoms with Crippen LogP contribution in [0.5, 0.6) is 0 Å². The Labute approximate surface area is 197 Å². The van der Waals surface area contributed by atoms with E-state index >= 15 is 0 Å². The number of hydrogen-bond acceptors (Lipinski definition) is 4. The maximum atomic E-state index is 14.3. The van der Waals surface area contributed by atoms with E-state index in [1.165, 1.54) is 0 Å². The van der Waals surface area contributed by atoms with Crippen LogP contribution in [-0.2, 0) is 13.8 Å². The molecule has 0 bridgehead atoms. The number of hydrogen-bond donors (Lipinski definition) is 0.